The van der Waals surface area contributed by atoms with E-state index in [1.165, 1.54) is 30.3 Å². The van der Waals surface area contributed by atoms with Crippen molar-refractivity contribution in [3.8, 4) is 0 Å². The standard InChI is InChI=1S/C17H13N5O5S/c18-22-21-16-13-4-2-1-3-12(13)15(28(25,26)27)9-14(16)20-19-11-7-5-10(6-8-11)17(23)24/h1-9H,(H2,18,21)(H,23,24)(H,25,26,27)/b20-19+. The number of carboxylic acid groups (broad SMARTS) is 1. The van der Waals surface area contributed by atoms with Crippen LogP contribution in [0.4, 0.5) is 17.1 Å². The van der Waals surface area contributed by atoms with Crippen LogP contribution in [0.15, 0.2) is 80.1 Å². The quantitative estimate of drug-likeness (QED) is 0.252. The van der Waals surface area contributed by atoms with Gasteiger partial charge in [-0.15, -0.1) is 10.2 Å². The van der Waals surface area contributed by atoms with Crippen LogP contribution >= 0.6 is 0 Å². The molecule has 0 aliphatic rings. The Kier molecular flexibility index (Phi) is 5.11. The minimum atomic E-state index is -4.55. The molecule has 3 aromatic rings. The van der Waals surface area contributed by atoms with Gasteiger partial charge in [-0.1, -0.05) is 29.5 Å². The van der Waals surface area contributed by atoms with Gasteiger partial charge >= 0.3 is 5.97 Å². The van der Waals surface area contributed by atoms with Gasteiger partial charge in [0, 0.05) is 10.8 Å². The average molecular weight is 399 g/mol. The molecule has 3 rings (SSSR count). The summed E-state index contributed by atoms with van der Waals surface area (Å²) in [6, 6.07) is 13.0. The van der Waals surface area contributed by atoms with Gasteiger partial charge < -0.3 is 10.9 Å². The third kappa shape index (κ3) is 3.84. The number of benzene rings is 3. The Morgan fingerprint density at radius 3 is 2.14 bits per heavy atom. The topological polar surface area (TPSA) is 167 Å². The van der Waals surface area contributed by atoms with E-state index in [-0.39, 0.29) is 27.2 Å². The van der Waals surface area contributed by atoms with E-state index in [9.17, 15) is 17.8 Å². The zero-order valence-electron chi connectivity index (χ0n) is 14.1. The predicted octanol–water partition coefficient (Wildman–Crippen LogP) is 4.16. The number of carbonyl (C=O) groups is 1. The van der Waals surface area contributed by atoms with Crippen molar-refractivity contribution in [1.29, 1.82) is 0 Å². The highest BCUT2D eigenvalue weighted by Crippen LogP contribution is 2.40. The summed E-state index contributed by atoms with van der Waals surface area (Å²) in [6.45, 7) is 0. The Hall–Kier alpha value is -3.70. The smallest absolute Gasteiger partial charge is 0.335 e. The van der Waals surface area contributed by atoms with Crippen LogP contribution < -0.4 is 5.84 Å². The third-order valence-electron chi connectivity index (χ3n) is 3.78. The van der Waals surface area contributed by atoms with Gasteiger partial charge in [-0.25, -0.2) is 4.79 Å². The van der Waals surface area contributed by atoms with E-state index in [0.29, 0.717) is 11.1 Å². The molecule has 10 nitrogen and oxygen atoms in total. The predicted molar refractivity (Wildman–Crippen MR) is 100 cm³/mol. The van der Waals surface area contributed by atoms with Crippen molar-refractivity contribution in [2.45, 2.75) is 4.90 Å². The summed E-state index contributed by atoms with van der Waals surface area (Å²) in [6.07, 6.45) is 0. The number of carboxylic acids is 1. The molecule has 0 bridgehead atoms. The van der Waals surface area contributed by atoms with Gasteiger partial charge in [-0.3, -0.25) is 4.55 Å². The molecule has 11 heteroatoms. The minimum Gasteiger partial charge on any atom is -0.478 e. The first-order valence-electron chi connectivity index (χ1n) is 7.70. The highest BCUT2D eigenvalue weighted by Gasteiger charge is 2.19. The summed E-state index contributed by atoms with van der Waals surface area (Å²) in [4.78, 5) is 10.5. The fraction of sp³-hybridized carbons (Fsp3) is 0. The molecule has 0 saturated carbocycles. The largest absolute Gasteiger partial charge is 0.478 e. The first kappa shape index (κ1) is 19.1. The molecule has 4 N–H and O–H groups in total. The first-order valence-corrected chi connectivity index (χ1v) is 9.14. The fourth-order valence-corrected chi connectivity index (χ4v) is 3.26. The second kappa shape index (κ2) is 7.50. The Morgan fingerprint density at radius 2 is 1.57 bits per heavy atom. The van der Waals surface area contributed by atoms with Gasteiger partial charge in [-0.05, 0) is 30.3 Å². The summed E-state index contributed by atoms with van der Waals surface area (Å²) in [7, 11) is -4.55. The molecule has 0 amide bonds. The summed E-state index contributed by atoms with van der Waals surface area (Å²) in [5.41, 5.74) is 0.567. The van der Waals surface area contributed by atoms with E-state index in [1.54, 1.807) is 18.2 Å². The lowest BCUT2D eigenvalue weighted by Crippen LogP contribution is -1.99. The van der Waals surface area contributed by atoms with Gasteiger partial charge in [0.15, 0.2) is 0 Å². The fourth-order valence-electron chi connectivity index (χ4n) is 2.55. The summed E-state index contributed by atoms with van der Waals surface area (Å²) < 4.78 is 33.2. The molecular formula is C17H13N5O5S. The molecule has 0 aliphatic heterocycles. The van der Waals surface area contributed by atoms with Crippen LogP contribution in [-0.2, 0) is 10.1 Å². The number of nitrogens with zero attached hydrogens (tertiary/aromatic N) is 4. The van der Waals surface area contributed by atoms with E-state index < -0.39 is 16.1 Å². The van der Waals surface area contributed by atoms with Crippen LogP contribution in [0.1, 0.15) is 10.4 Å². The zero-order valence-corrected chi connectivity index (χ0v) is 14.9. The molecule has 0 atom stereocenters. The van der Waals surface area contributed by atoms with Crippen LogP contribution in [0.25, 0.3) is 10.8 Å². The lowest BCUT2D eigenvalue weighted by atomic mass is 10.1. The van der Waals surface area contributed by atoms with Crippen molar-refractivity contribution in [2.75, 3.05) is 0 Å². The van der Waals surface area contributed by atoms with Crippen molar-refractivity contribution in [3.05, 3.63) is 60.2 Å². The minimum absolute atomic E-state index is 0.00263. The van der Waals surface area contributed by atoms with Crippen LogP contribution in [0.3, 0.4) is 0 Å². The molecular weight excluding hydrogens is 386 g/mol. The maximum atomic E-state index is 11.8. The Bertz CT molecular complexity index is 1220. The van der Waals surface area contributed by atoms with Crippen molar-refractivity contribution < 1.29 is 22.9 Å². The lowest BCUT2D eigenvalue weighted by Gasteiger charge is -2.08. The highest BCUT2D eigenvalue weighted by atomic mass is 32.2. The molecule has 0 unspecified atom stereocenters. The van der Waals surface area contributed by atoms with Crippen molar-refractivity contribution in [3.63, 3.8) is 0 Å². The van der Waals surface area contributed by atoms with E-state index in [0.717, 1.165) is 6.07 Å². The molecule has 0 aliphatic carbocycles. The second-order valence-corrected chi connectivity index (χ2v) is 6.92. The summed E-state index contributed by atoms with van der Waals surface area (Å²) in [5.74, 6) is 4.08. The molecule has 0 fully saturated rings. The Balaban J connectivity index is 2.19. The van der Waals surface area contributed by atoms with Gasteiger partial charge in [0.1, 0.15) is 16.3 Å². The summed E-state index contributed by atoms with van der Waals surface area (Å²) in [5, 5.41) is 24.5. The van der Waals surface area contributed by atoms with Crippen molar-refractivity contribution in [1.82, 2.24) is 0 Å². The van der Waals surface area contributed by atoms with E-state index in [2.05, 4.69) is 20.6 Å². The van der Waals surface area contributed by atoms with Crippen molar-refractivity contribution >= 4 is 43.9 Å². The van der Waals surface area contributed by atoms with E-state index in [1.807, 2.05) is 0 Å². The molecule has 0 spiro atoms. The normalized spacial score (nSPS) is 12.2. The number of rotatable bonds is 5. The molecule has 28 heavy (non-hydrogen) atoms. The Labute approximate surface area is 158 Å². The van der Waals surface area contributed by atoms with Crippen LogP contribution in [0.2, 0.25) is 0 Å². The average Bonchev–Trinajstić information content (AvgIpc) is 2.66. The third-order valence-corrected chi connectivity index (χ3v) is 4.67. The highest BCUT2D eigenvalue weighted by molar-refractivity contribution is 7.86. The van der Waals surface area contributed by atoms with Gasteiger partial charge in [-0.2, -0.15) is 13.5 Å². The molecule has 0 aromatic heterocycles. The summed E-state index contributed by atoms with van der Waals surface area (Å²) >= 11 is 0. The second-order valence-electron chi connectivity index (χ2n) is 5.53. The molecule has 3 aromatic carbocycles. The number of nitrogens with two attached hydrogens (primary N) is 1. The molecule has 0 radical (unpaired) electrons. The maximum absolute atomic E-state index is 11.8. The lowest BCUT2D eigenvalue weighted by molar-refractivity contribution is 0.0697. The van der Waals surface area contributed by atoms with Gasteiger partial charge in [0.2, 0.25) is 0 Å². The Morgan fingerprint density at radius 1 is 0.929 bits per heavy atom. The maximum Gasteiger partial charge on any atom is 0.335 e. The molecule has 142 valence electrons. The first-order chi connectivity index (χ1) is 13.3. The number of azo groups is 1. The van der Waals surface area contributed by atoms with Gasteiger partial charge in [0.05, 0.1) is 11.3 Å². The van der Waals surface area contributed by atoms with Crippen LogP contribution in [0, 0.1) is 0 Å². The number of hydrogen-bond acceptors (Lipinski definition) is 7. The number of hydrogen-bond donors (Lipinski definition) is 3. The SMILES string of the molecule is NN=Nc1c(/N=N/c2ccc(C(=O)O)cc2)cc(S(=O)(=O)O)c2ccccc12. The van der Waals surface area contributed by atoms with Crippen LogP contribution in [0.5, 0.6) is 0 Å². The number of fused-ring (bicyclic) bond motifs is 1. The molecule has 0 heterocycles. The van der Waals surface area contributed by atoms with Gasteiger partial charge in [0.25, 0.3) is 10.1 Å². The molecule has 0 saturated heterocycles. The van der Waals surface area contributed by atoms with E-state index >= 15 is 0 Å². The van der Waals surface area contributed by atoms with E-state index in [4.69, 9.17) is 10.9 Å². The monoisotopic (exact) mass is 399 g/mol. The zero-order chi connectivity index (χ0) is 20.3. The van der Waals surface area contributed by atoms with Crippen molar-refractivity contribution in [2.24, 2.45) is 26.4 Å². The van der Waals surface area contributed by atoms with Crippen LogP contribution in [-0.4, -0.2) is 24.0 Å². The number of aromatic carboxylic acids is 1.